The molecule has 0 aromatic carbocycles. The molecule has 0 aliphatic carbocycles. The molecule has 0 saturated carbocycles. The van der Waals surface area contributed by atoms with Crippen molar-refractivity contribution in [1.82, 2.24) is 0 Å². The minimum Gasteiger partial charge on any atom is -0.466 e. The van der Waals surface area contributed by atoms with E-state index in [9.17, 15) is 9.59 Å². The molecule has 19 heavy (non-hydrogen) atoms. The van der Waals surface area contributed by atoms with Gasteiger partial charge in [-0.3, -0.25) is 4.79 Å². The molecule has 0 rings (SSSR count). The number of hydrogen-bond acceptors (Lipinski definition) is 5. The van der Waals surface area contributed by atoms with Gasteiger partial charge in [0, 0.05) is 13.0 Å². The van der Waals surface area contributed by atoms with Crippen molar-refractivity contribution in [2.45, 2.75) is 59.0 Å². The molecule has 112 valence electrons. The van der Waals surface area contributed by atoms with Gasteiger partial charge in [-0.05, 0) is 32.6 Å². The van der Waals surface area contributed by atoms with Crippen LogP contribution in [0.4, 0.5) is 0 Å². The molecule has 5 heteroatoms. The summed E-state index contributed by atoms with van der Waals surface area (Å²) in [5, 5.41) is 0. The first-order chi connectivity index (χ1) is 9.15. The number of esters is 2. The Morgan fingerprint density at radius 3 is 2.21 bits per heavy atom. The topological polar surface area (TPSA) is 61.8 Å². The zero-order valence-electron chi connectivity index (χ0n) is 12.3. The second-order valence-corrected chi connectivity index (χ2v) is 4.22. The first kappa shape index (κ1) is 17.9. The fourth-order valence-corrected chi connectivity index (χ4v) is 1.49. The lowest BCUT2D eigenvalue weighted by Gasteiger charge is -2.15. The van der Waals surface area contributed by atoms with Crippen LogP contribution in [0.3, 0.4) is 0 Å². The van der Waals surface area contributed by atoms with Gasteiger partial charge in [-0.15, -0.1) is 0 Å². The molecule has 0 saturated heterocycles. The average molecular weight is 274 g/mol. The van der Waals surface area contributed by atoms with Crippen LogP contribution in [0.2, 0.25) is 0 Å². The maximum atomic E-state index is 11.7. The summed E-state index contributed by atoms with van der Waals surface area (Å²) in [6, 6.07) is 0. The Hall–Kier alpha value is -1.10. The Kier molecular flexibility index (Phi) is 11.3. The van der Waals surface area contributed by atoms with E-state index >= 15 is 0 Å². The van der Waals surface area contributed by atoms with Crippen molar-refractivity contribution < 1.29 is 23.8 Å². The highest BCUT2D eigenvalue weighted by Gasteiger charge is 2.20. The van der Waals surface area contributed by atoms with E-state index < -0.39 is 6.10 Å². The molecule has 0 heterocycles. The van der Waals surface area contributed by atoms with E-state index in [0.29, 0.717) is 39.1 Å². The highest BCUT2D eigenvalue weighted by Crippen LogP contribution is 2.08. The summed E-state index contributed by atoms with van der Waals surface area (Å²) in [7, 11) is 0. The summed E-state index contributed by atoms with van der Waals surface area (Å²) in [5.74, 6) is -0.565. The lowest BCUT2D eigenvalue weighted by atomic mass is 10.1. The van der Waals surface area contributed by atoms with Crippen LogP contribution in [-0.4, -0.2) is 37.9 Å². The summed E-state index contributed by atoms with van der Waals surface area (Å²) in [6.45, 7) is 7.02. The Bertz CT molecular complexity index is 252. The Morgan fingerprint density at radius 1 is 1.00 bits per heavy atom. The zero-order valence-corrected chi connectivity index (χ0v) is 12.3. The monoisotopic (exact) mass is 274 g/mol. The Labute approximate surface area is 115 Å². The van der Waals surface area contributed by atoms with Crippen LogP contribution < -0.4 is 0 Å². The van der Waals surface area contributed by atoms with Crippen LogP contribution in [-0.2, 0) is 23.8 Å². The van der Waals surface area contributed by atoms with Crippen molar-refractivity contribution in [2.75, 3.05) is 19.8 Å². The van der Waals surface area contributed by atoms with Crippen LogP contribution >= 0.6 is 0 Å². The van der Waals surface area contributed by atoms with Crippen molar-refractivity contribution in [3.05, 3.63) is 0 Å². The molecule has 0 aromatic heterocycles. The Balaban J connectivity index is 3.93. The smallest absolute Gasteiger partial charge is 0.335 e. The maximum Gasteiger partial charge on any atom is 0.335 e. The zero-order chi connectivity index (χ0) is 14.5. The van der Waals surface area contributed by atoms with Crippen molar-refractivity contribution in [1.29, 1.82) is 0 Å². The summed E-state index contributed by atoms with van der Waals surface area (Å²) in [4.78, 5) is 23.0. The summed E-state index contributed by atoms with van der Waals surface area (Å²) < 4.78 is 15.3. The van der Waals surface area contributed by atoms with Crippen molar-refractivity contribution >= 4 is 11.9 Å². The van der Waals surface area contributed by atoms with Gasteiger partial charge in [0.25, 0.3) is 0 Å². The molecule has 0 aromatic rings. The quantitative estimate of drug-likeness (QED) is 0.542. The summed E-state index contributed by atoms with van der Waals surface area (Å²) in [5.41, 5.74) is 0. The van der Waals surface area contributed by atoms with Gasteiger partial charge in [-0.1, -0.05) is 13.8 Å². The number of rotatable bonds is 11. The third-order valence-electron chi connectivity index (χ3n) is 2.39. The highest BCUT2D eigenvalue weighted by molar-refractivity contribution is 5.75. The SMILES string of the molecule is CCCOC(=O)CCCC(OCC)C(=O)OCCC. The van der Waals surface area contributed by atoms with E-state index in [0.717, 1.165) is 12.8 Å². The molecule has 1 unspecified atom stereocenters. The number of hydrogen-bond donors (Lipinski definition) is 0. The average Bonchev–Trinajstić information content (AvgIpc) is 2.41. The summed E-state index contributed by atoms with van der Waals surface area (Å²) in [6.07, 6.45) is 2.39. The minimum atomic E-state index is -0.574. The van der Waals surface area contributed by atoms with E-state index in [1.165, 1.54) is 0 Å². The van der Waals surface area contributed by atoms with Crippen LogP contribution in [0.25, 0.3) is 0 Å². The third-order valence-corrected chi connectivity index (χ3v) is 2.39. The molecular weight excluding hydrogens is 248 g/mol. The first-order valence-electron chi connectivity index (χ1n) is 7.09. The van der Waals surface area contributed by atoms with Gasteiger partial charge in [-0.2, -0.15) is 0 Å². The molecule has 5 nitrogen and oxygen atoms in total. The minimum absolute atomic E-state index is 0.223. The number of carbonyl (C=O) groups excluding carboxylic acids is 2. The van der Waals surface area contributed by atoms with E-state index in [1.54, 1.807) is 0 Å². The standard InChI is InChI=1S/C14H26O5/c1-4-10-18-13(15)9-7-8-12(17-6-3)14(16)19-11-5-2/h12H,4-11H2,1-3H3. The van der Waals surface area contributed by atoms with Crippen molar-refractivity contribution in [2.24, 2.45) is 0 Å². The third kappa shape index (κ3) is 9.47. The second-order valence-electron chi connectivity index (χ2n) is 4.22. The predicted octanol–water partition coefficient (Wildman–Crippen LogP) is 2.47. The Morgan fingerprint density at radius 2 is 1.63 bits per heavy atom. The molecule has 0 amide bonds. The van der Waals surface area contributed by atoms with Crippen LogP contribution in [0, 0.1) is 0 Å². The second kappa shape index (κ2) is 12.0. The van der Waals surface area contributed by atoms with E-state index in [1.807, 2.05) is 20.8 Å². The number of carbonyl (C=O) groups is 2. The molecular formula is C14H26O5. The molecule has 0 spiro atoms. The normalized spacial score (nSPS) is 11.9. The lowest BCUT2D eigenvalue weighted by Crippen LogP contribution is -2.27. The van der Waals surface area contributed by atoms with Gasteiger partial charge < -0.3 is 14.2 Å². The fraction of sp³-hybridized carbons (Fsp3) is 0.857. The molecule has 0 fully saturated rings. The number of ether oxygens (including phenoxy) is 3. The molecule has 0 bridgehead atoms. The van der Waals surface area contributed by atoms with Crippen molar-refractivity contribution in [3.8, 4) is 0 Å². The van der Waals surface area contributed by atoms with Crippen LogP contribution in [0.5, 0.6) is 0 Å². The van der Waals surface area contributed by atoms with Gasteiger partial charge in [0.05, 0.1) is 13.2 Å². The van der Waals surface area contributed by atoms with Crippen LogP contribution in [0.1, 0.15) is 52.9 Å². The lowest BCUT2D eigenvalue weighted by molar-refractivity contribution is -0.158. The van der Waals surface area contributed by atoms with Gasteiger partial charge in [0.1, 0.15) is 0 Å². The van der Waals surface area contributed by atoms with Gasteiger partial charge in [0.2, 0.25) is 0 Å². The largest absolute Gasteiger partial charge is 0.466 e. The molecule has 1 atom stereocenters. The highest BCUT2D eigenvalue weighted by atomic mass is 16.6. The first-order valence-corrected chi connectivity index (χ1v) is 7.09. The predicted molar refractivity (Wildman–Crippen MR) is 71.8 cm³/mol. The van der Waals surface area contributed by atoms with Gasteiger partial charge in [0.15, 0.2) is 6.10 Å². The molecule has 0 radical (unpaired) electrons. The van der Waals surface area contributed by atoms with Crippen LogP contribution in [0.15, 0.2) is 0 Å². The van der Waals surface area contributed by atoms with E-state index in [2.05, 4.69) is 0 Å². The maximum absolute atomic E-state index is 11.7. The van der Waals surface area contributed by atoms with Crippen molar-refractivity contribution in [3.63, 3.8) is 0 Å². The summed E-state index contributed by atoms with van der Waals surface area (Å²) >= 11 is 0. The van der Waals surface area contributed by atoms with Gasteiger partial charge in [-0.25, -0.2) is 4.79 Å². The molecule has 0 aliphatic heterocycles. The van der Waals surface area contributed by atoms with E-state index in [4.69, 9.17) is 14.2 Å². The van der Waals surface area contributed by atoms with E-state index in [-0.39, 0.29) is 11.9 Å². The molecule has 0 aliphatic rings. The van der Waals surface area contributed by atoms with Gasteiger partial charge >= 0.3 is 11.9 Å². The fourth-order valence-electron chi connectivity index (χ4n) is 1.49. The molecule has 0 N–H and O–H groups in total.